The molecule has 5 nitrogen and oxygen atoms in total. The number of carbonyl (C=O) groups excluding carboxylic acids is 1. The normalized spacial score (nSPS) is 30.0. The van der Waals surface area contributed by atoms with Crippen molar-refractivity contribution in [1.29, 1.82) is 0 Å². The van der Waals surface area contributed by atoms with Gasteiger partial charge in [0.2, 0.25) is 5.60 Å². The van der Waals surface area contributed by atoms with E-state index in [9.17, 15) is 4.79 Å². The smallest absolute Gasteiger partial charge is 0.296 e. The molecule has 11 heavy (non-hydrogen) atoms. The maximum absolute atomic E-state index is 11.0. The fourth-order valence-corrected chi connectivity index (χ4v) is 0.882. The molecule has 1 rings (SSSR count). The maximum Gasteiger partial charge on any atom is 0.296 e. The zero-order chi connectivity index (χ0) is 8.48. The molecular formula is C6H10N2O3. The first-order valence-electron chi connectivity index (χ1n) is 3.15. The van der Waals surface area contributed by atoms with Crippen molar-refractivity contribution in [3.63, 3.8) is 0 Å². The Morgan fingerprint density at radius 2 is 2.45 bits per heavy atom. The van der Waals surface area contributed by atoms with E-state index in [-0.39, 0.29) is 12.6 Å². The second kappa shape index (κ2) is 2.50. The second-order valence-corrected chi connectivity index (χ2v) is 2.52. The molecule has 0 aromatic heterocycles. The zero-order valence-electron chi connectivity index (χ0n) is 6.46. The number of carbonyl (C=O) groups is 1. The summed E-state index contributed by atoms with van der Waals surface area (Å²) in [5.74, 6) is -0.392. The molecule has 0 aromatic rings. The van der Waals surface area contributed by atoms with Crippen LogP contribution in [-0.2, 0) is 14.3 Å². The minimum absolute atomic E-state index is 0.0884. The summed E-state index contributed by atoms with van der Waals surface area (Å²) in [6.45, 7) is 1.75. The van der Waals surface area contributed by atoms with Crippen LogP contribution in [0, 0.1) is 0 Å². The summed E-state index contributed by atoms with van der Waals surface area (Å²) in [6.07, 6.45) is 0. The number of hydrogen-bond acceptors (Lipinski definition) is 4. The first kappa shape index (κ1) is 8.00. The van der Waals surface area contributed by atoms with Crippen molar-refractivity contribution in [2.75, 3.05) is 13.7 Å². The Labute approximate surface area is 64.2 Å². The quantitative estimate of drug-likeness (QED) is 0.574. The molecule has 0 aromatic carbocycles. The number of aliphatic imine (C=N–C) groups is 1. The van der Waals surface area contributed by atoms with Crippen molar-refractivity contribution in [3.8, 4) is 0 Å². The Balaban J connectivity index is 2.70. The minimum atomic E-state index is -1.02. The molecule has 0 saturated heterocycles. The molecule has 0 saturated carbocycles. The summed E-state index contributed by atoms with van der Waals surface area (Å²) in [4.78, 5) is 14.4. The van der Waals surface area contributed by atoms with Gasteiger partial charge in [0, 0.05) is 7.11 Å². The van der Waals surface area contributed by atoms with Crippen LogP contribution in [0.4, 0.5) is 0 Å². The first-order valence-corrected chi connectivity index (χ1v) is 3.15. The van der Waals surface area contributed by atoms with Crippen LogP contribution in [0.2, 0.25) is 0 Å². The van der Waals surface area contributed by atoms with Crippen LogP contribution in [0.5, 0.6) is 0 Å². The summed E-state index contributed by atoms with van der Waals surface area (Å²) in [7, 11) is 1.48. The van der Waals surface area contributed by atoms with Crippen LogP contribution in [0.3, 0.4) is 0 Å². The molecule has 1 unspecified atom stereocenters. The van der Waals surface area contributed by atoms with Crippen LogP contribution in [0.25, 0.3) is 0 Å². The zero-order valence-corrected chi connectivity index (χ0v) is 6.46. The lowest BCUT2D eigenvalue weighted by molar-refractivity contribution is -0.133. The molecule has 0 bridgehead atoms. The van der Waals surface area contributed by atoms with Gasteiger partial charge in [-0.15, -0.1) is 0 Å². The summed E-state index contributed by atoms with van der Waals surface area (Å²) >= 11 is 0. The highest BCUT2D eigenvalue weighted by molar-refractivity contribution is 6.00. The molecule has 1 aliphatic rings. The minimum Gasteiger partial charge on any atom is -0.446 e. The highest BCUT2D eigenvalue weighted by Crippen LogP contribution is 2.18. The topological polar surface area (TPSA) is 73.9 Å². The van der Waals surface area contributed by atoms with Gasteiger partial charge in [0.15, 0.2) is 0 Å². The van der Waals surface area contributed by atoms with Crippen molar-refractivity contribution in [3.05, 3.63) is 0 Å². The average molecular weight is 158 g/mol. The lowest BCUT2D eigenvalue weighted by atomic mass is 10.1. The van der Waals surface area contributed by atoms with E-state index in [1.165, 1.54) is 7.11 Å². The number of nitrogens with two attached hydrogens (primary N) is 1. The molecule has 0 spiro atoms. The predicted molar refractivity (Wildman–Crippen MR) is 38.0 cm³/mol. The largest absolute Gasteiger partial charge is 0.446 e. The lowest BCUT2D eigenvalue weighted by Crippen LogP contribution is -2.39. The van der Waals surface area contributed by atoms with Gasteiger partial charge in [0.25, 0.3) is 11.9 Å². The van der Waals surface area contributed by atoms with E-state index < -0.39 is 11.5 Å². The van der Waals surface area contributed by atoms with Gasteiger partial charge in [-0.25, -0.2) is 0 Å². The molecule has 1 atom stereocenters. The molecule has 1 aliphatic heterocycles. The van der Waals surface area contributed by atoms with Gasteiger partial charge in [0.1, 0.15) is 0 Å². The standard InChI is InChI=1S/C6H10N2O3/c1-6(3-10-2)4(9)8-5(7)11-6/h3H2,1-2H3,(H2,7,8,9). The van der Waals surface area contributed by atoms with Gasteiger partial charge in [-0.05, 0) is 6.92 Å². The monoisotopic (exact) mass is 158 g/mol. The fraction of sp³-hybridized carbons (Fsp3) is 0.667. The van der Waals surface area contributed by atoms with Gasteiger partial charge in [-0.2, -0.15) is 4.99 Å². The third-order valence-electron chi connectivity index (χ3n) is 1.41. The molecule has 0 aliphatic carbocycles. The van der Waals surface area contributed by atoms with Crippen molar-refractivity contribution >= 4 is 11.9 Å². The number of amidine groups is 1. The first-order chi connectivity index (χ1) is 5.08. The van der Waals surface area contributed by atoms with Crippen molar-refractivity contribution < 1.29 is 14.3 Å². The molecule has 1 amide bonds. The van der Waals surface area contributed by atoms with Gasteiger partial charge in [-0.1, -0.05) is 0 Å². The highest BCUT2D eigenvalue weighted by atomic mass is 16.6. The Bertz CT molecular complexity index is 214. The van der Waals surface area contributed by atoms with Gasteiger partial charge in [0.05, 0.1) is 6.61 Å². The van der Waals surface area contributed by atoms with E-state index in [4.69, 9.17) is 15.2 Å². The number of methoxy groups -OCH3 is 1. The van der Waals surface area contributed by atoms with E-state index in [1.54, 1.807) is 6.92 Å². The Hall–Kier alpha value is -1.10. The average Bonchev–Trinajstić information content (AvgIpc) is 2.08. The number of hydrogen-bond donors (Lipinski definition) is 1. The SMILES string of the molecule is COCC1(C)OC(N)=NC1=O. The molecule has 0 radical (unpaired) electrons. The molecule has 5 heteroatoms. The number of ether oxygens (including phenoxy) is 2. The van der Waals surface area contributed by atoms with Gasteiger partial charge < -0.3 is 15.2 Å². The van der Waals surface area contributed by atoms with Crippen LogP contribution < -0.4 is 5.73 Å². The summed E-state index contributed by atoms with van der Waals surface area (Å²) in [5, 5.41) is 0. The Morgan fingerprint density at radius 3 is 2.82 bits per heavy atom. The van der Waals surface area contributed by atoms with E-state index in [2.05, 4.69) is 4.99 Å². The number of amides is 1. The molecule has 2 N–H and O–H groups in total. The van der Waals surface area contributed by atoms with Crippen molar-refractivity contribution in [2.24, 2.45) is 10.7 Å². The predicted octanol–water partition coefficient (Wildman–Crippen LogP) is -0.737. The number of rotatable bonds is 2. The van der Waals surface area contributed by atoms with E-state index in [1.807, 2.05) is 0 Å². The Morgan fingerprint density at radius 1 is 1.82 bits per heavy atom. The molecular weight excluding hydrogens is 148 g/mol. The number of nitrogens with zero attached hydrogens (tertiary/aromatic N) is 1. The van der Waals surface area contributed by atoms with Crippen LogP contribution in [0.15, 0.2) is 4.99 Å². The van der Waals surface area contributed by atoms with Crippen LogP contribution in [0.1, 0.15) is 6.92 Å². The maximum atomic E-state index is 11.0. The molecule has 0 fully saturated rings. The summed E-state index contributed by atoms with van der Waals surface area (Å²) < 4.78 is 9.73. The van der Waals surface area contributed by atoms with Crippen molar-refractivity contribution in [1.82, 2.24) is 0 Å². The Kier molecular flexibility index (Phi) is 1.82. The highest BCUT2D eigenvalue weighted by Gasteiger charge is 2.41. The van der Waals surface area contributed by atoms with E-state index in [0.717, 1.165) is 0 Å². The third kappa shape index (κ3) is 1.32. The molecule has 1 heterocycles. The van der Waals surface area contributed by atoms with Gasteiger partial charge >= 0.3 is 0 Å². The van der Waals surface area contributed by atoms with Gasteiger partial charge in [-0.3, -0.25) is 4.79 Å². The van der Waals surface area contributed by atoms with E-state index in [0.29, 0.717) is 0 Å². The third-order valence-corrected chi connectivity index (χ3v) is 1.41. The van der Waals surface area contributed by atoms with Crippen molar-refractivity contribution in [2.45, 2.75) is 12.5 Å². The fourth-order valence-electron chi connectivity index (χ4n) is 0.882. The van der Waals surface area contributed by atoms with Crippen LogP contribution in [-0.4, -0.2) is 31.2 Å². The second-order valence-electron chi connectivity index (χ2n) is 2.52. The summed E-state index contributed by atoms with van der Waals surface area (Å²) in [5.41, 5.74) is 4.17. The summed E-state index contributed by atoms with van der Waals surface area (Å²) in [6, 6.07) is -0.0884. The molecule has 62 valence electrons. The van der Waals surface area contributed by atoms with Crippen LogP contribution >= 0.6 is 0 Å². The van der Waals surface area contributed by atoms with E-state index >= 15 is 0 Å². The lowest BCUT2D eigenvalue weighted by Gasteiger charge is -2.18.